The third-order valence-electron chi connectivity index (χ3n) is 4.17. The van der Waals surface area contributed by atoms with Gasteiger partial charge in [0.15, 0.2) is 0 Å². The van der Waals surface area contributed by atoms with E-state index in [-0.39, 0.29) is 0 Å². The zero-order valence-corrected chi connectivity index (χ0v) is 13.4. The standard InChI is InChI=1S/C17H35N3/c1-2-3-4-5-6-7-8-9-10-11-12-17-19-14-16-20(17)15-13-18/h14,16-17,19H,2-13,15,18H2,1H3. The zero-order valence-electron chi connectivity index (χ0n) is 13.4. The average Bonchev–Trinajstić information content (AvgIpc) is 2.89. The number of unbranched alkanes of at least 4 members (excludes halogenated alkanes) is 9. The van der Waals surface area contributed by atoms with E-state index in [9.17, 15) is 0 Å². The fraction of sp³-hybridized carbons (Fsp3) is 0.882. The second kappa shape index (κ2) is 12.1. The van der Waals surface area contributed by atoms with Gasteiger partial charge in [0, 0.05) is 25.5 Å². The molecule has 1 aliphatic rings. The number of hydrogen-bond acceptors (Lipinski definition) is 3. The Hall–Kier alpha value is -0.700. The summed E-state index contributed by atoms with van der Waals surface area (Å²) in [7, 11) is 0. The van der Waals surface area contributed by atoms with Crippen LogP contribution in [0.25, 0.3) is 0 Å². The van der Waals surface area contributed by atoms with Gasteiger partial charge >= 0.3 is 0 Å². The van der Waals surface area contributed by atoms with Gasteiger partial charge in [0.2, 0.25) is 0 Å². The Bertz CT molecular complexity index is 240. The van der Waals surface area contributed by atoms with E-state index >= 15 is 0 Å². The van der Waals surface area contributed by atoms with Crippen molar-refractivity contribution in [2.45, 2.75) is 83.7 Å². The van der Waals surface area contributed by atoms with Crippen molar-refractivity contribution in [3.05, 3.63) is 12.4 Å². The van der Waals surface area contributed by atoms with Crippen LogP contribution in [0, 0.1) is 0 Å². The number of nitrogens with two attached hydrogens (primary N) is 1. The molecule has 20 heavy (non-hydrogen) atoms. The molecule has 0 aromatic carbocycles. The summed E-state index contributed by atoms with van der Waals surface area (Å²) in [6, 6.07) is 0. The highest BCUT2D eigenvalue weighted by Gasteiger charge is 2.16. The maximum absolute atomic E-state index is 5.62. The first-order chi connectivity index (χ1) is 9.88. The molecule has 1 unspecified atom stereocenters. The second-order valence-corrected chi connectivity index (χ2v) is 6.00. The minimum absolute atomic E-state index is 0.493. The Morgan fingerprint density at radius 3 is 2.15 bits per heavy atom. The zero-order chi connectivity index (χ0) is 14.5. The lowest BCUT2D eigenvalue weighted by atomic mass is 10.1. The van der Waals surface area contributed by atoms with E-state index < -0.39 is 0 Å². The lowest BCUT2D eigenvalue weighted by Gasteiger charge is -2.25. The summed E-state index contributed by atoms with van der Waals surface area (Å²) >= 11 is 0. The summed E-state index contributed by atoms with van der Waals surface area (Å²) in [5.74, 6) is 0. The smallest absolute Gasteiger partial charge is 0.0981 e. The van der Waals surface area contributed by atoms with Crippen molar-refractivity contribution in [3.63, 3.8) is 0 Å². The molecule has 0 aliphatic carbocycles. The molecule has 3 nitrogen and oxygen atoms in total. The van der Waals surface area contributed by atoms with Crippen LogP contribution in [0.2, 0.25) is 0 Å². The van der Waals surface area contributed by atoms with Crippen LogP contribution in [-0.4, -0.2) is 24.2 Å². The van der Waals surface area contributed by atoms with Gasteiger partial charge in [-0.1, -0.05) is 64.7 Å². The molecule has 0 amide bonds. The average molecular weight is 281 g/mol. The molecule has 0 saturated heterocycles. The SMILES string of the molecule is CCCCCCCCCCCCC1NC=CN1CCN. The van der Waals surface area contributed by atoms with Gasteiger partial charge in [-0.15, -0.1) is 0 Å². The van der Waals surface area contributed by atoms with E-state index in [1.807, 2.05) is 0 Å². The van der Waals surface area contributed by atoms with Crippen molar-refractivity contribution in [1.82, 2.24) is 10.2 Å². The van der Waals surface area contributed by atoms with Gasteiger partial charge in [-0.2, -0.15) is 0 Å². The van der Waals surface area contributed by atoms with Crippen LogP contribution >= 0.6 is 0 Å². The Morgan fingerprint density at radius 1 is 0.950 bits per heavy atom. The summed E-state index contributed by atoms with van der Waals surface area (Å²) in [6.07, 6.45) is 20.0. The maximum Gasteiger partial charge on any atom is 0.0981 e. The van der Waals surface area contributed by atoms with Crippen molar-refractivity contribution < 1.29 is 0 Å². The van der Waals surface area contributed by atoms with Crippen LogP contribution in [0.5, 0.6) is 0 Å². The monoisotopic (exact) mass is 281 g/mol. The molecular formula is C17H35N3. The van der Waals surface area contributed by atoms with E-state index in [1.54, 1.807) is 0 Å². The molecule has 3 heteroatoms. The molecule has 0 aromatic heterocycles. The molecule has 1 heterocycles. The molecule has 0 bridgehead atoms. The van der Waals surface area contributed by atoms with Crippen LogP contribution in [0.15, 0.2) is 12.4 Å². The van der Waals surface area contributed by atoms with Crippen LogP contribution in [0.3, 0.4) is 0 Å². The molecule has 1 atom stereocenters. The number of hydrogen-bond donors (Lipinski definition) is 2. The van der Waals surface area contributed by atoms with Crippen molar-refractivity contribution in [2.24, 2.45) is 5.73 Å². The fourth-order valence-electron chi connectivity index (χ4n) is 2.90. The highest BCUT2D eigenvalue weighted by atomic mass is 15.3. The molecule has 1 rings (SSSR count). The Balaban J connectivity index is 1.85. The summed E-state index contributed by atoms with van der Waals surface area (Å²) in [4.78, 5) is 2.33. The number of nitrogens with zero attached hydrogens (tertiary/aromatic N) is 1. The molecule has 3 N–H and O–H groups in total. The molecular weight excluding hydrogens is 246 g/mol. The minimum atomic E-state index is 0.493. The van der Waals surface area contributed by atoms with Gasteiger partial charge in [-0.3, -0.25) is 0 Å². The van der Waals surface area contributed by atoms with Crippen LogP contribution in [0.4, 0.5) is 0 Å². The Morgan fingerprint density at radius 2 is 1.55 bits per heavy atom. The van der Waals surface area contributed by atoms with Crippen molar-refractivity contribution in [2.75, 3.05) is 13.1 Å². The lowest BCUT2D eigenvalue weighted by Crippen LogP contribution is -2.37. The Kier molecular flexibility index (Phi) is 10.5. The second-order valence-electron chi connectivity index (χ2n) is 6.00. The first-order valence-corrected chi connectivity index (χ1v) is 8.77. The predicted molar refractivity (Wildman–Crippen MR) is 88.3 cm³/mol. The molecule has 0 aromatic rings. The van der Waals surface area contributed by atoms with Crippen molar-refractivity contribution >= 4 is 0 Å². The van der Waals surface area contributed by atoms with E-state index in [4.69, 9.17) is 5.73 Å². The van der Waals surface area contributed by atoms with Gasteiger partial charge in [0.25, 0.3) is 0 Å². The first kappa shape index (κ1) is 17.4. The highest BCUT2D eigenvalue weighted by Crippen LogP contribution is 2.14. The lowest BCUT2D eigenvalue weighted by molar-refractivity contribution is 0.264. The number of rotatable bonds is 13. The molecule has 0 spiro atoms. The number of nitrogens with one attached hydrogen (secondary N) is 1. The predicted octanol–water partition coefficient (Wildman–Crippen LogP) is 3.96. The highest BCUT2D eigenvalue weighted by molar-refractivity contribution is 4.93. The van der Waals surface area contributed by atoms with E-state index in [2.05, 4.69) is 29.5 Å². The molecule has 118 valence electrons. The quantitative estimate of drug-likeness (QED) is 0.502. The summed E-state index contributed by atoms with van der Waals surface area (Å²) in [5, 5.41) is 3.41. The largest absolute Gasteiger partial charge is 0.370 e. The third-order valence-corrected chi connectivity index (χ3v) is 4.17. The van der Waals surface area contributed by atoms with E-state index in [0.717, 1.165) is 13.1 Å². The summed E-state index contributed by atoms with van der Waals surface area (Å²) < 4.78 is 0. The molecule has 1 aliphatic heterocycles. The fourth-order valence-corrected chi connectivity index (χ4v) is 2.90. The van der Waals surface area contributed by atoms with Crippen LogP contribution in [0.1, 0.15) is 77.6 Å². The normalized spacial score (nSPS) is 17.7. The summed E-state index contributed by atoms with van der Waals surface area (Å²) in [6.45, 7) is 3.98. The minimum Gasteiger partial charge on any atom is -0.370 e. The van der Waals surface area contributed by atoms with Gasteiger partial charge in [-0.25, -0.2) is 0 Å². The first-order valence-electron chi connectivity index (χ1n) is 8.77. The van der Waals surface area contributed by atoms with Crippen molar-refractivity contribution in [1.29, 1.82) is 0 Å². The Labute approximate surface area is 126 Å². The van der Waals surface area contributed by atoms with Crippen LogP contribution in [-0.2, 0) is 0 Å². The van der Waals surface area contributed by atoms with Crippen LogP contribution < -0.4 is 11.1 Å². The van der Waals surface area contributed by atoms with E-state index in [0.29, 0.717) is 6.17 Å². The van der Waals surface area contributed by atoms with Gasteiger partial charge in [0.05, 0.1) is 6.17 Å². The van der Waals surface area contributed by atoms with Crippen molar-refractivity contribution in [3.8, 4) is 0 Å². The molecule has 0 radical (unpaired) electrons. The van der Waals surface area contributed by atoms with Gasteiger partial charge < -0.3 is 16.0 Å². The maximum atomic E-state index is 5.62. The summed E-state index contributed by atoms with van der Waals surface area (Å²) in [5.41, 5.74) is 5.62. The topological polar surface area (TPSA) is 41.3 Å². The third kappa shape index (κ3) is 7.78. The van der Waals surface area contributed by atoms with Gasteiger partial charge in [-0.05, 0) is 12.8 Å². The molecule has 0 saturated carbocycles. The molecule has 0 fully saturated rings. The van der Waals surface area contributed by atoms with E-state index in [1.165, 1.54) is 70.6 Å². The van der Waals surface area contributed by atoms with Gasteiger partial charge in [0.1, 0.15) is 0 Å².